The lowest BCUT2D eigenvalue weighted by molar-refractivity contribution is 0.245. The topological polar surface area (TPSA) is 64.8 Å². The second-order valence-corrected chi connectivity index (χ2v) is 5.87. The van der Waals surface area contributed by atoms with Crippen LogP contribution in [0.25, 0.3) is 11.0 Å². The highest BCUT2D eigenvalue weighted by atomic mass is 35.5. The number of pyridine rings is 1. The molecule has 114 valence electrons. The monoisotopic (exact) mass is 316 g/mol. The number of halogens is 1. The van der Waals surface area contributed by atoms with Crippen LogP contribution in [-0.4, -0.2) is 26.9 Å². The Balaban J connectivity index is 1.81. The minimum absolute atomic E-state index is 0.0862. The molecule has 0 aliphatic carbocycles. The van der Waals surface area contributed by atoms with E-state index in [4.69, 9.17) is 11.6 Å². The Morgan fingerprint density at radius 1 is 1.32 bits per heavy atom. The van der Waals surface area contributed by atoms with Gasteiger partial charge < -0.3 is 9.97 Å². The zero-order valence-corrected chi connectivity index (χ0v) is 13.2. The number of rotatable bonds is 4. The largest absolute Gasteiger partial charge is 0.341 e. The van der Waals surface area contributed by atoms with E-state index in [1.807, 2.05) is 31.3 Å². The predicted molar refractivity (Wildman–Crippen MR) is 88.0 cm³/mol. The Hall–Kier alpha value is -2.11. The third-order valence-corrected chi connectivity index (χ3v) is 4.03. The summed E-state index contributed by atoms with van der Waals surface area (Å²) in [5.41, 5.74) is 2.71. The van der Waals surface area contributed by atoms with E-state index in [0.29, 0.717) is 11.6 Å². The van der Waals surface area contributed by atoms with E-state index in [1.54, 1.807) is 12.3 Å². The zero-order chi connectivity index (χ0) is 15.7. The normalized spacial score (nSPS) is 12.9. The van der Waals surface area contributed by atoms with Gasteiger partial charge in [-0.2, -0.15) is 0 Å². The van der Waals surface area contributed by atoms with Crippen LogP contribution in [0.2, 0.25) is 5.02 Å². The molecule has 6 heteroatoms. The van der Waals surface area contributed by atoms with Crippen molar-refractivity contribution in [3.8, 4) is 0 Å². The quantitative estimate of drug-likeness (QED) is 0.777. The third-order valence-electron chi connectivity index (χ3n) is 3.79. The Morgan fingerprint density at radius 3 is 2.91 bits per heavy atom. The fraction of sp³-hybridized carbons (Fsp3) is 0.250. The van der Waals surface area contributed by atoms with E-state index in [0.717, 1.165) is 22.4 Å². The molecule has 22 heavy (non-hydrogen) atoms. The summed E-state index contributed by atoms with van der Waals surface area (Å²) >= 11 is 6.00. The molecule has 3 rings (SSSR count). The highest BCUT2D eigenvalue weighted by Gasteiger charge is 2.16. The van der Waals surface area contributed by atoms with E-state index >= 15 is 0 Å². The van der Waals surface area contributed by atoms with E-state index in [2.05, 4.69) is 26.8 Å². The van der Waals surface area contributed by atoms with E-state index in [-0.39, 0.29) is 11.6 Å². The zero-order valence-electron chi connectivity index (χ0n) is 12.4. The SMILES string of the molecule is CC(c1nc2ccc(Cl)cc2[nH]1)N(C)Cc1cc[nH]c(=O)c1. The average Bonchev–Trinajstić information content (AvgIpc) is 2.89. The maximum Gasteiger partial charge on any atom is 0.248 e. The molecular formula is C16H17ClN4O. The number of hydrogen-bond donors (Lipinski definition) is 2. The highest BCUT2D eigenvalue weighted by molar-refractivity contribution is 6.31. The number of imidazole rings is 1. The number of benzene rings is 1. The van der Waals surface area contributed by atoms with Crippen molar-refractivity contribution in [2.75, 3.05) is 7.05 Å². The first-order valence-corrected chi connectivity index (χ1v) is 7.44. The molecule has 0 amide bonds. The van der Waals surface area contributed by atoms with Crippen molar-refractivity contribution in [2.45, 2.75) is 19.5 Å². The maximum atomic E-state index is 11.4. The number of H-pyrrole nitrogens is 2. The molecule has 1 atom stereocenters. The number of hydrogen-bond acceptors (Lipinski definition) is 3. The maximum absolute atomic E-state index is 11.4. The molecule has 0 aliphatic rings. The molecular weight excluding hydrogens is 300 g/mol. The fourth-order valence-electron chi connectivity index (χ4n) is 2.42. The molecule has 0 spiro atoms. The summed E-state index contributed by atoms with van der Waals surface area (Å²) in [5.74, 6) is 0.879. The number of aromatic nitrogens is 3. The summed E-state index contributed by atoms with van der Waals surface area (Å²) in [6.07, 6.45) is 1.67. The van der Waals surface area contributed by atoms with Crippen molar-refractivity contribution in [3.05, 3.63) is 63.3 Å². The summed E-state index contributed by atoms with van der Waals surface area (Å²) in [4.78, 5) is 24.0. The molecule has 5 nitrogen and oxygen atoms in total. The van der Waals surface area contributed by atoms with Crippen molar-refractivity contribution >= 4 is 22.6 Å². The molecule has 0 fully saturated rings. The molecule has 1 aromatic carbocycles. The lowest BCUT2D eigenvalue weighted by atomic mass is 10.2. The van der Waals surface area contributed by atoms with Crippen LogP contribution in [0.1, 0.15) is 24.4 Å². The summed E-state index contributed by atoms with van der Waals surface area (Å²) in [7, 11) is 2.01. The van der Waals surface area contributed by atoms with Gasteiger partial charge in [-0.3, -0.25) is 9.69 Å². The van der Waals surface area contributed by atoms with Crippen LogP contribution in [0.5, 0.6) is 0 Å². The molecule has 0 radical (unpaired) electrons. The standard InChI is InChI=1S/C16H17ClN4O/c1-10(21(2)9-11-5-6-18-15(22)7-11)16-19-13-4-3-12(17)8-14(13)20-16/h3-8,10H,9H2,1-2H3,(H,18,22)(H,19,20). The van der Waals surface area contributed by atoms with Crippen molar-refractivity contribution in [2.24, 2.45) is 0 Å². The van der Waals surface area contributed by atoms with E-state index in [1.165, 1.54) is 0 Å². The van der Waals surface area contributed by atoms with Crippen LogP contribution in [0.3, 0.4) is 0 Å². The van der Waals surface area contributed by atoms with Crippen LogP contribution in [-0.2, 0) is 6.54 Å². The Labute approximate surface area is 133 Å². The first-order valence-electron chi connectivity index (χ1n) is 7.06. The average molecular weight is 317 g/mol. The molecule has 2 heterocycles. The minimum atomic E-state index is -0.0862. The van der Waals surface area contributed by atoms with Gasteiger partial charge in [-0.15, -0.1) is 0 Å². The van der Waals surface area contributed by atoms with Gasteiger partial charge in [0.15, 0.2) is 0 Å². The van der Waals surface area contributed by atoms with Crippen LogP contribution in [0.4, 0.5) is 0 Å². The van der Waals surface area contributed by atoms with Gasteiger partial charge in [0.2, 0.25) is 5.56 Å². The van der Waals surface area contributed by atoms with Crippen molar-refractivity contribution in [1.29, 1.82) is 0 Å². The Bertz CT molecular complexity index is 854. The van der Waals surface area contributed by atoms with E-state index < -0.39 is 0 Å². The van der Waals surface area contributed by atoms with Crippen LogP contribution >= 0.6 is 11.6 Å². The smallest absolute Gasteiger partial charge is 0.248 e. The number of nitrogens with zero attached hydrogens (tertiary/aromatic N) is 2. The number of nitrogens with one attached hydrogen (secondary N) is 2. The molecule has 2 aromatic heterocycles. The summed E-state index contributed by atoms with van der Waals surface area (Å²) in [5, 5.41) is 0.687. The predicted octanol–water partition coefficient (Wildman–Crippen LogP) is 3.10. The molecule has 0 bridgehead atoms. The third kappa shape index (κ3) is 3.05. The second-order valence-electron chi connectivity index (χ2n) is 5.44. The summed E-state index contributed by atoms with van der Waals surface area (Å²) in [6, 6.07) is 9.22. The highest BCUT2D eigenvalue weighted by Crippen LogP contribution is 2.23. The van der Waals surface area contributed by atoms with Gasteiger partial charge in [-0.25, -0.2) is 4.98 Å². The Kier molecular flexibility index (Phi) is 4.00. The van der Waals surface area contributed by atoms with Gasteiger partial charge in [0.25, 0.3) is 0 Å². The lowest BCUT2D eigenvalue weighted by Gasteiger charge is -2.22. The van der Waals surface area contributed by atoms with Crippen molar-refractivity contribution in [3.63, 3.8) is 0 Å². The molecule has 1 unspecified atom stereocenters. The van der Waals surface area contributed by atoms with Crippen LogP contribution in [0, 0.1) is 0 Å². The molecule has 3 aromatic rings. The van der Waals surface area contributed by atoms with Gasteiger partial charge in [0.1, 0.15) is 5.82 Å². The number of aromatic amines is 2. The summed E-state index contributed by atoms with van der Waals surface area (Å²) in [6.45, 7) is 2.75. The number of fused-ring (bicyclic) bond motifs is 1. The van der Waals surface area contributed by atoms with Crippen molar-refractivity contribution < 1.29 is 0 Å². The van der Waals surface area contributed by atoms with Crippen LogP contribution in [0.15, 0.2) is 41.3 Å². The van der Waals surface area contributed by atoms with Crippen molar-refractivity contribution in [1.82, 2.24) is 19.9 Å². The molecule has 0 saturated carbocycles. The molecule has 2 N–H and O–H groups in total. The van der Waals surface area contributed by atoms with Gasteiger partial charge in [0, 0.05) is 23.8 Å². The van der Waals surface area contributed by atoms with Crippen LogP contribution < -0.4 is 5.56 Å². The minimum Gasteiger partial charge on any atom is -0.341 e. The molecule has 0 saturated heterocycles. The second kappa shape index (κ2) is 5.94. The Morgan fingerprint density at radius 2 is 2.14 bits per heavy atom. The summed E-state index contributed by atoms with van der Waals surface area (Å²) < 4.78 is 0. The fourth-order valence-corrected chi connectivity index (χ4v) is 2.59. The lowest BCUT2D eigenvalue weighted by Crippen LogP contribution is -2.23. The van der Waals surface area contributed by atoms with Gasteiger partial charge in [-0.05, 0) is 43.8 Å². The van der Waals surface area contributed by atoms with E-state index in [9.17, 15) is 4.79 Å². The first-order chi connectivity index (χ1) is 10.5. The molecule has 0 aliphatic heterocycles. The van der Waals surface area contributed by atoms with Gasteiger partial charge in [0.05, 0.1) is 17.1 Å². The van der Waals surface area contributed by atoms with Gasteiger partial charge in [-0.1, -0.05) is 11.6 Å². The first kappa shape index (κ1) is 14.8. The van der Waals surface area contributed by atoms with Gasteiger partial charge >= 0.3 is 0 Å².